The molecule has 2 aromatic rings. The van der Waals surface area contributed by atoms with Gasteiger partial charge in [-0.05, 0) is 38.5 Å². The number of nitrogens with zero attached hydrogens (tertiary/aromatic N) is 4. The minimum atomic E-state index is 0.0755. The van der Waals surface area contributed by atoms with E-state index in [0.29, 0.717) is 17.9 Å². The minimum absolute atomic E-state index is 0.0755. The van der Waals surface area contributed by atoms with Crippen LogP contribution in [0, 0.1) is 5.92 Å². The third kappa shape index (κ3) is 3.41. The van der Waals surface area contributed by atoms with Crippen LogP contribution in [0.1, 0.15) is 80.7 Å². The highest BCUT2D eigenvalue weighted by Gasteiger charge is 2.33. The molecule has 0 bridgehead atoms. The highest BCUT2D eigenvalue weighted by atomic mass is 16.2. The van der Waals surface area contributed by atoms with Crippen molar-refractivity contribution in [2.45, 2.75) is 82.7 Å². The molecule has 0 aromatic carbocycles. The first-order valence-electron chi connectivity index (χ1n) is 12.3. The molecule has 2 saturated carbocycles. The number of H-pyrrole nitrogens is 1. The van der Waals surface area contributed by atoms with E-state index in [2.05, 4.69) is 21.0 Å². The van der Waals surface area contributed by atoms with Gasteiger partial charge in [0.2, 0.25) is 5.91 Å². The highest BCUT2D eigenvalue weighted by molar-refractivity contribution is 5.79. The number of likely N-dealkylation sites (tertiary alicyclic amines) is 1. The van der Waals surface area contributed by atoms with E-state index in [1.807, 2.05) is 0 Å². The first-order valence-corrected chi connectivity index (χ1v) is 12.3. The molecule has 7 heteroatoms. The molecule has 6 rings (SSSR count). The van der Waals surface area contributed by atoms with E-state index in [4.69, 9.17) is 4.98 Å². The van der Waals surface area contributed by atoms with Gasteiger partial charge in [-0.15, -0.1) is 0 Å². The molecule has 3 fully saturated rings. The number of nitrogens with one attached hydrogen (secondary N) is 1. The van der Waals surface area contributed by atoms with Crippen molar-refractivity contribution in [1.82, 2.24) is 24.4 Å². The van der Waals surface area contributed by atoms with E-state index in [1.165, 1.54) is 32.1 Å². The van der Waals surface area contributed by atoms with E-state index in [-0.39, 0.29) is 11.5 Å². The van der Waals surface area contributed by atoms with Crippen molar-refractivity contribution < 1.29 is 4.79 Å². The first-order chi connectivity index (χ1) is 15.2. The molecular formula is C24H33N5O2. The number of fused-ring (bicyclic) bond motifs is 2. The van der Waals surface area contributed by atoms with Gasteiger partial charge < -0.3 is 4.90 Å². The fourth-order valence-corrected chi connectivity index (χ4v) is 6.14. The number of aromatic nitrogens is 3. The molecule has 1 N–H and O–H groups in total. The summed E-state index contributed by atoms with van der Waals surface area (Å²) in [4.78, 5) is 35.3. The molecule has 166 valence electrons. The zero-order chi connectivity index (χ0) is 20.9. The predicted octanol–water partition coefficient (Wildman–Crippen LogP) is 2.83. The summed E-state index contributed by atoms with van der Waals surface area (Å²) in [6.07, 6.45) is 11.3. The van der Waals surface area contributed by atoms with Gasteiger partial charge in [0.05, 0.1) is 11.3 Å². The summed E-state index contributed by atoms with van der Waals surface area (Å²) >= 11 is 0. The molecule has 0 radical (unpaired) electrons. The maximum atomic E-state index is 13.3. The molecule has 0 atom stereocenters. The summed E-state index contributed by atoms with van der Waals surface area (Å²) in [7, 11) is 0. The molecular weight excluding hydrogens is 390 g/mol. The molecule has 2 aliphatic heterocycles. The molecule has 31 heavy (non-hydrogen) atoms. The Hall–Kier alpha value is -2.15. The molecule has 2 aromatic heterocycles. The monoisotopic (exact) mass is 423 g/mol. The van der Waals surface area contributed by atoms with Crippen molar-refractivity contribution >= 4 is 11.6 Å². The fraction of sp³-hybridized carbons (Fsp3) is 0.708. The van der Waals surface area contributed by atoms with Gasteiger partial charge in [0.1, 0.15) is 0 Å². The lowest BCUT2D eigenvalue weighted by atomic mass is 9.83. The predicted molar refractivity (Wildman–Crippen MR) is 118 cm³/mol. The lowest BCUT2D eigenvalue weighted by Gasteiger charge is -2.36. The average Bonchev–Trinajstić information content (AvgIpc) is 3.43. The van der Waals surface area contributed by atoms with Crippen LogP contribution < -0.4 is 5.56 Å². The quantitative estimate of drug-likeness (QED) is 0.824. The number of piperidine rings is 1. The Balaban J connectivity index is 1.20. The Labute approximate surface area is 182 Å². The van der Waals surface area contributed by atoms with Gasteiger partial charge in [-0.2, -0.15) is 0 Å². The van der Waals surface area contributed by atoms with Gasteiger partial charge in [0.15, 0.2) is 5.65 Å². The van der Waals surface area contributed by atoms with E-state index in [0.717, 1.165) is 80.9 Å². The molecule has 1 amide bonds. The number of hydrogen-bond acceptors (Lipinski definition) is 4. The average molecular weight is 424 g/mol. The number of carbonyl (C=O) groups excluding carboxylic acids is 1. The Morgan fingerprint density at radius 3 is 2.48 bits per heavy atom. The zero-order valence-corrected chi connectivity index (χ0v) is 18.3. The van der Waals surface area contributed by atoms with Crippen molar-refractivity contribution in [2.75, 3.05) is 19.6 Å². The Morgan fingerprint density at radius 2 is 1.77 bits per heavy atom. The molecule has 0 spiro atoms. The normalized spacial score (nSPS) is 23.9. The largest absolute Gasteiger partial charge is 0.342 e. The van der Waals surface area contributed by atoms with Crippen LogP contribution in [0.25, 0.3) is 5.65 Å². The lowest BCUT2D eigenvalue weighted by Crippen LogP contribution is -2.43. The summed E-state index contributed by atoms with van der Waals surface area (Å²) < 4.78 is 1.66. The van der Waals surface area contributed by atoms with Crippen molar-refractivity contribution in [1.29, 1.82) is 0 Å². The van der Waals surface area contributed by atoms with Crippen molar-refractivity contribution in [2.24, 2.45) is 5.92 Å². The van der Waals surface area contributed by atoms with Gasteiger partial charge in [-0.3, -0.25) is 19.6 Å². The van der Waals surface area contributed by atoms with E-state index in [9.17, 15) is 9.59 Å². The second kappa shape index (κ2) is 7.76. The standard InChI is InChI=1S/C24H33N5O2/c30-23(17-4-3-5-17)27-11-8-16(9-12-27)21-14-22-25-20-10-13-28(18-6-1-2-7-18)15-19(20)24(31)29(22)26-21/h14,16-18,26H,1-13,15H2. The van der Waals surface area contributed by atoms with Gasteiger partial charge in [-0.1, -0.05) is 19.3 Å². The summed E-state index contributed by atoms with van der Waals surface area (Å²) in [5, 5.41) is 3.38. The maximum Gasteiger partial charge on any atom is 0.277 e. The minimum Gasteiger partial charge on any atom is -0.342 e. The lowest BCUT2D eigenvalue weighted by molar-refractivity contribution is -0.139. The van der Waals surface area contributed by atoms with Crippen LogP contribution in [0.5, 0.6) is 0 Å². The van der Waals surface area contributed by atoms with Gasteiger partial charge in [0.25, 0.3) is 5.56 Å². The maximum absolute atomic E-state index is 13.3. The Morgan fingerprint density at radius 1 is 1.00 bits per heavy atom. The van der Waals surface area contributed by atoms with Crippen LogP contribution in [0.2, 0.25) is 0 Å². The zero-order valence-electron chi connectivity index (χ0n) is 18.3. The molecule has 1 saturated heterocycles. The highest BCUT2D eigenvalue weighted by Crippen LogP contribution is 2.33. The van der Waals surface area contributed by atoms with Crippen LogP contribution >= 0.6 is 0 Å². The van der Waals surface area contributed by atoms with Crippen molar-refractivity contribution in [3.05, 3.63) is 33.4 Å². The summed E-state index contributed by atoms with van der Waals surface area (Å²) in [6.45, 7) is 3.41. The summed E-state index contributed by atoms with van der Waals surface area (Å²) in [5.74, 6) is 1.000. The molecule has 4 heterocycles. The van der Waals surface area contributed by atoms with E-state index < -0.39 is 0 Å². The van der Waals surface area contributed by atoms with Crippen molar-refractivity contribution in [3.8, 4) is 0 Å². The van der Waals surface area contributed by atoms with Crippen molar-refractivity contribution in [3.63, 3.8) is 0 Å². The van der Waals surface area contributed by atoms with Crippen LogP contribution in [0.4, 0.5) is 0 Å². The van der Waals surface area contributed by atoms with Gasteiger partial charge in [-0.25, -0.2) is 9.50 Å². The Bertz CT molecular complexity index is 1040. The number of amides is 1. The second-order valence-corrected chi connectivity index (χ2v) is 10.1. The Kier molecular flexibility index (Phi) is 4.89. The van der Waals surface area contributed by atoms with Gasteiger partial charge in [0, 0.05) is 62.2 Å². The molecule has 2 aliphatic carbocycles. The first kappa shape index (κ1) is 19.5. The molecule has 4 aliphatic rings. The smallest absolute Gasteiger partial charge is 0.277 e. The number of rotatable bonds is 3. The van der Waals surface area contributed by atoms with E-state index >= 15 is 0 Å². The van der Waals surface area contributed by atoms with Crippen LogP contribution in [0.3, 0.4) is 0 Å². The third-order valence-corrected chi connectivity index (χ3v) is 8.35. The third-order valence-electron chi connectivity index (χ3n) is 8.35. The van der Waals surface area contributed by atoms with Crippen LogP contribution in [0.15, 0.2) is 10.9 Å². The summed E-state index contributed by atoms with van der Waals surface area (Å²) in [5.41, 5.74) is 3.79. The molecule has 7 nitrogen and oxygen atoms in total. The summed E-state index contributed by atoms with van der Waals surface area (Å²) in [6, 6.07) is 2.71. The second-order valence-electron chi connectivity index (χ2n) is 10.1. The fourth-order valence-electron chi connectivity index (χ4n) is 6.14. The van der Waals surface area contributed by atoms with Crippen LogP contribution in [-0.2, 0) is 17.8 Å². The van der Waals surface area contributed by atoms with E-state index in [1.54, 1.807) is 4.52 Å². The molecule has 0 unspecified atom stereocenters. The SMILES string of the molecule is O=C(C1CCC1)N1CCC(c2cc3nc4c(c(=O)n3[nH]2)CN(C2CCCC2)CC4)CC1. The van der Waals surface area contributed by atoms with Crippen LogP contribution in [-0.4, -0.2) is 56.0 Å². The van der Waals surface area contributed by atoms with Gasteiger partial charge >= 0.3 is 0 Å². The number of hydrogen-bond donors (Lipinski definition) is 1. The number of carbonyl (C=O) groups is 1. The topological polar surface area (TPSA) is 73.7 Å². The number of aromatic amines is 1.